The number of halogens is 2. The van der Waals surface area contributed by atoms with Crippen LogP contribution in [0.1, 0.15) is 12.0 Å². The highest BCUT2D eigenvalue weighted by Gasteiger charge is 2.25. The minimum Gasteiger partial charge on any atom is -0.374 e. The fourth-order valence-corrected chi connectivity index (χ4v) is 3.13. The van der Waals surface area contributed by atoms with E-state index in [0.717, 1.165) is 45.8 Å². The molecule has 2 fully saturated rings. The third-order valence-corrected chi connectivity index (χ3v) is 4.41. The van der Waals surface area contributed by atoms with Crippen LogP contribution in [-0.4, -0.2) is 56.2 Å². The molecule has 5 nitrogen and oxygen atoms in total. The quantitative estimate of drug-likeness (QED) is 0.817. The van der Waals surface area contributed by atoms with Gasteiger partial charge in [0.1, 0.15) is 0 Å². The van der Waals surface area contributed by atoms with Crippen LogP contribution >= 0.6 is 24.8 Å². The van der Waals surface area contributed by atoms with Gasteiger partial charge in [0.2, 0.25) is 5.91 Å². The number of rotatable bonds is 5. The molecular formula is C17H27Cl2N3O2. The van der Waals surface area contributed by atoms with Gasteiger partial charge in [-0.15, -0.1) is 24.8 Å². The molecule has 0 aliphatic carbocycles. The smallest absolute Gasteiger partial charge is 0.224 e. The molecule has 136 valence electrons. The van der Waals surface area contributed by atoms with Crippen LogP contribution < -0.4 is 10.6 Å². The number of ether oxygens (including phenoxy) is 1. The Hall–Kier alpha value is -0.850. The summed E-state index contributed by atoms with van der Waals surface area (Å²) >= 11 is 0. The molecule has 24 heavy (non-hydrogen) atoms. The average Bonchev–Trinajstić information content (AvgIpc) is 3.08. The van der Waals surface area contributed by atoms with Gasteiger partial charge in [-0.05, 0) is 18.5 Å². The van der Waals surface area contributed by atoms with Crippen molar-refractivity contribution >= 4 is 30.7 Å². The summed E-state index contributed by atoms with van der Waals surface area (Å²) in [6, 6.07) is 10.5. The average molecular weight is 376 g/mol. The largest absolute Gasteiger partial charge is 0.374 e. The van der Waals surface area contributed by atoms with E-state index in [1.807, 2.05) is 6.07 Å². The second-order valence-electron chi connectivity index (χ2n) is 6.15. The maximum atomic E-state index is 12.0. The Labute approximate surface area is 156 Å². The Bertz CT molecular complexity index is 484. The van der Waals surface area contributed by atoms with Crippen molar-refractivity contribution in [3.63, 3.8) is 0 Å². The lowest BCUT2D eigenvalue weighted by atomic mass is 10.1. The van der Waals surface area contributed by atoms with Gasteiger partial charge in [0.05, 0.1) is 18.6 Å². The molecule has 2 aliphatic rings. The summed E-state index contributed by atoms with van der Waals surface area (Å²) in [4.78, 5) is 14.4. The highest BCUT2D eigenvalue weighted by molar-refractivity contribution is 5.85. The number of nitrogens with one attached hydrogen (secondary N) is 2. The first-order chi connectivity index (χ1) is 10.8. The lowest BCUT2D eigenvalue weighted by molar-refractivity contribution is -0.125. The standard InChI is InChI=1S/C17H25N3O2.2ClH/c21-17(15-6-7-18-10-15)19-11-16-13-20(8-9-22-16)12-14-4-2-1-3-5-14;;/h1-5,15-16,18H,6-13H2,(H,19,21);2*1H. The molecule has 2 unspecified atom stereocenters. The van der Waals surface area contributed by atoms with Crippen molar-refractivity contribution in [1.29, 1.82) is 0 Å². The van der Waals surface area contributed by atoms with Crippen LogP contribution in [-0.2, 0) is 16.1 Å². The van der Waals surface area contributed by atoms with Gasteiger partial charge in [-0.2, -0.15) is 0 Å². The van der Waals surface area contributed by atoms with E-state index in [9.17, 15) is 4.79 Å². The zero-order valence-electron chi connectivity index (χ0n) is 13.8. The molecule has 2 aliphatic heterocycles. The van der Waals surface area contributed by atoms with Crippen LogP contribution in [0.4, 0.5) is 0 Å². The summed E-state index contributed by atoms with van der Waals surface area (Å²) in [6.45, 7) is 5.87. The lowest BCUT2D eigenvalue weighted by Gasteiger charge is -2.33. The zero-order valence-corrected chi connectivity index (χ0v) is 15.4. The molecule has 0 radical (unpaired) electrons. The molecule has 0 saturated carbocycles. The molecule has 2 saturated heterocycles. The summed E-state index contributed by atoms with van der Waals surface area (Å²) in [7, 11) is 0. The van der Waals surface area contributed by atoms with Crippen molar-refractivity contribution < 1.29 is 9.53 Å². The van der Waals surface area contributed by atoms with Gasteiger partial charge in [-0.25, -0.2) is 0 Å². The number of amides is 1. The SMILES string of the molecule is Cl.Cl.O=C(NCC1CN(Cc2ccccc2)CCO1)C1CCNC1. The van der Waals surface area contributed by atoms with E-state index in [2.05, 4.69) is 39.8 Å². The van der Waals surface area contributed by atoms with Crippen LogP contribution in [0, 0.1) is 5.92 Å². The Balaban J connectivity index is 0.00000144. The molecule has 2 N–H and O–H groups in total. The highest BCUT2D eigenvalue weighted by Crippen LogP contribution is 2.11. The number of nitrogens with zero attached hydrogens (tertiary/aromatic N) is 1. The molecule has 1 aromatic carbocycles. The predicted molar refractivity (Wildman–Crippen MR) is 99.9 cm³/mol. The molecule has 7 heteroatoms. The number of hydrogen-bond acceptors (Lipinski definition) is 4. The summed E-state index contributed by atoms with van der Waals surface area (Å²) in [5.74, 6) is 0.290. The summed E-state index contributed by atoms with van der Waals surface area (Å²) in [5, 5.41) is 6.27. The zero-order chi connectivity index (χ0) is 15.2. The summed E-state index contributed by atoms with van der Waals surface area (Å²) in [6.07, 6.45) is 1.04. The van der Waals surface area contributed by atoms with Gasteiger partial charge in [-0.3, -0.25) is 9.69 Å². The van der Waals surface area contributed by atoms with Crippen molar-refractivity contribution in [3.05, 3.63) is 35.9 Å². The second-order valence-corrected chi connectivity index (χ2v) is 6.15. The van der Waals surface area contributed by atoms with Gasteiger partial charge >= 0.3 is 0 Å². The van der Waals surface area contributed by atoms with Crippen molar-refractivity contribution in [3.8, 4) is 0 Å². The number of benzene rings is 1. The van der Waals surface area contributed by atoms with Crippen LogP contribution in [0.2, 0.25) is 0 Å². The maximum absolute atomic E-state index is 12.0. The molecular weight excluding hydrogens is 349 g/mol. The number of morpholine rings is 1. The summed E-state index contributed by atoms with van der Waals surface area (Å²) < 4.78 is 5.79. The normalized spacial score (nSPS) is 23.8. The van der Waals surface area contributed by atoms with E-state index in [1.54, 1.807) is 0 Å². The number of hydrogen-bond donors (Lipinski definition) is 2. The van der Waals surface area contributed by atoms with E-state index in [-0.39, 0.29) is 42.7 Å². The third-order valence-electron chi connectivity index (χ3n) is 4.41. The van der Waals surface area contributed by atoms with Gasteiger partial charge in [0, 0.05) is 32.7 Å². The van der Waals surface area contributed by atoms with E-state index in [0.29, 0.717) is 6.54 Å². The Morgan fingerprint density at radius 3 is 2.79 bits per heavy atom. The van der Waals surface area contributed by atoms with E-state index < -0.39 is 0 Å². The molecule has 0 bridgehead atoms. The van der Waals surface area contributed by atoms with Gasteiger partial charge in [0.25, 0.3) is 0 Å². The number of carbonyl (C=O) groups excluding carboxylic acids is 1. The van der Waals surface area contributed by atoms with Crippen molar-refractivity contribution in [2.45, 2.75) is 19.1 Å². The van der Waals surface area contributed by atoms with Crippen LogP contribution in [0.25, 0.3) is 0 Å². The van der Waals surface area contributed by atoms with Gasteiger partial charge in [-0.1, -0.05) is 30.3 Å². The predicted octanol–water partition coefficient (Wildman–Crippen LogP) is 1.46. The first-order valence-electron chi connectivity index (χ1n) is 8.17. The monoisotopic (exact) mass is 375 g/mol. The van der Waals surface area contributed by atoms with Gasteiger partial charge in [0.15, 0.2) is 0 Å². The second kappa shape index (κ2) is 10.9. The molecule has 1 amide bonds. The Morgan fingerprint density at radius 1 is 1.29 bits per heavy atom. The minimum absolute atomic E-state index is 0. The third kappa shape index (κ3) is 6.22. The van der Waals surface area contributed by atoms with E-state index >= 15 is 0 Å². The van der Waals surface area contributed by atoms with Crippen molar-refractivity contribution in [2.75, 3.05) is 39.3 Å². The van der Waals surface area contributed by atoms with Crippen LogP contribution in [0.3, 0.4) is 0 Å². The summed E-state index contributed by atoms with van der Waals surface area (Å²) in [5.41, 5.74) is 1.32. The fourth-order valence-electron chi connectivity index (χ4n) is 3.13. The molecule has 2 heterocycles. The van der Waals surface area contributed by atoms with Crippen LogP contribution in [0.15, 0.2) is 30.3 Å². The van der Waals surface area contributed by atoms with E-state index in [1.165, 1.54) is 5.56 Å². The number of carbonyl (C=O) groups is 1. The maximum Gasteiger partial charge on any atom is 0.224 e. The Morgan fingerprint density at radius 2 is 2.08 bits per heavy atom. The first-order valence-corrected chi connectivity index (χ1v) is 8.17. The fraction of sp³-hybridized carbons (Fsp3) is 0.588. The topological polar surface area (TPSA) is 53.6 Å². The molecule has 0 spiro atoms. The van der Waals surface area contributed by atoms with Crippen molar-refractivity contribution in [2.24, 2.45) is 5.92 Å². The van der Waals surface area contributed by atoms with Gasteiger partial charge < -0.3 is 15.4 Å². The van der Waals surface area contributed by atoms with E-state index in [4.69, 9.17) is 4.74 Å². The molecule has 2 atom stereocenters. The van der Waals surface area contributed by atoms with Crippen molar-refractivity contribution in [1.82, 2.24) is 15.5 Å². The first kappa shape index (κ1) is 21.2. The Kier molecular flexibility index (Phi) is 9.63. The van der Waals surface area contributed by atoms with Crippen LogP contribution in [0.5, 0.6) is 0 Å². The molecule has 0 aromatic heterocycles. The lowest BCUT2D eigenvalue weighted by Crippen LogP contribution is -2.48. The molecule has 1 aromatic rings. The molecule has 3 rings (SSSR count). The highest BCUT2D eigenvalue weighted by atomic mass is 35.5. The minimum atomic E-state index is 0.